The standard InChI is InChI=1S/C26H33N7O6/c1-7-39-23(35)18-17(30(3)25(36)28-19(18)16-10-8-15(2)9-11-16)14-33-20-21(29-24(33)27-12-13-38-6)31(4)26(37)32(5)22(20)34/h8-11,19H,7,12-14H2,1-6H3,(H,27,29)(H,28,36)/t19-/m0/s1. The summed E-state index contributed by atoms with van der Waals surface area (Å²) in [7, 11) is 6.01. The second-order valence-corrected chi connectivity index (χ2v) is 9.25. The van der Waals surface area contributed by atoms with Gasteiger partial charge in [-0.15, -0.1) is 0 Å². The highest BCUT2D eigenvalue weighted by molar-refractivity contribution is 5.95. The monoisotopic (exact) mass is 539 g/mol. The van der Waals surface area contributed by atoms with E-state index in [1.165, 1.54) is 23.6 Å². The quantitative estimate of drug-likeness (QED) is 0.303. The molecule has 2 N–H and O–H groups in total. The molecule has 0 fully saturated rings. The van der Waals surface area contributed by atoms with Crippen LogP contribution in [0.3, 0.4) is 0 Å². The molecule has 208 valence electrons. The molecule has 1 aromatic carbocycles. The SMILES string of the molecule is CCOC(=O)C1=C(Cn2c(NCCOC)nc3c2c(=O)n(C)c(=O)n3C)N(C)C(=O)N[C@H]1c1ccc(C)cc1. The summed E-state index contributed by atoms with van der Waals surface area (Å²) >= 11 is 0. The molecule has 0 spiro atoms. The lowest BCUT2D eigenvalue weighted by molar-refractivity contribution is -0.139. The van der Waals surface area contributed by atoms with E-state index in [9.17, 15) is 19.2 Å². The number of carbonyl (C=O) groups excluding carboxylic acids is 2. The molecule has 13 nitrogen and oxygen atoms in total. The number of rotatable bonds is 9. The zero-order valence-corrected chi connectivity index (χ0v) is 22.9. The molecule has 2 aromatic heterocycles. The molecular weight excluding hydrogens is 506 g/mol. The summed E-state index contributed by atoms with van der Waals surface area (Å²) in [5.74, 6) is -0.314. The van der Waals surface area contributed by atoms with Crippen molar-refractivity contribution in [1.29, 1.82) is 0 Å². The van der Waals surface area contributed by atoms with E-state index in [-0.39, 0.29) is 35.8 Å². The van der Waals surface area contributed by atoms with Crippen LogP contribution in [0.25, 0.3) is 11.2 Å². The average molecular weight is 540 g/mol. The van der Waals surface area contributed by atoms with Crippen molar-refractivity contribution in [3.05, 3.63) is 67.5 Å². The third-order valence-corrected chi connectivity index (χ3v) is 6.73. The van der Waals surface area contributed by atoms with Gasteiger partial charge in [0.2, 0.25) is 5.95 Å². The molecule has 0 saturated carbocycles. The number of aryl methyl sites for hydroxylation is 2. The lowest BCUT2D eigenvalue weighted by Gasteiger charge is -2.35. The van der Waals surface area contributed by atoms with Crippen molar-refractivity contribution >= 4 is 29.1 Å². The number of esters is 1. The van der Waals surface area contributed by atoms with Gasteiger partial charge in [0.25, 0.3) is 5.56 Å². The Hall–Kier alpha value is -4.39. The van der Waals surface area contributed by atoms with Gasteiger partial charge in [-0.2, -0.15) is 4.98 Å². The topological polar surface area (TPSA) is 142 Å². The van der Waals surface area contributed by atoms with Crippen LogP contribution in [0.1, 0.15) is 24.1 Å². The molecule has 39 heavy (non-hydrogen) atoms. The first-order valence-electron chi connectivity index (χ1n) is 12.5. The van der Waals surface area contributed by atoms with E-state index in [4.69, 9.17) is 9.47 Å². The van der Waals surface area contributed by atoms with E-state index in [0.29, 0.717) is 24.4 Å². The summed E-state index contributed by atoms with van der Waals surface area (Å²) in [5, 5.41) is 6.03. The molecule has 2 amide bonds. The van der Waals surface area contributed by atoms with Gasteiger partial charge in [0.05, 0.1) is 37.1 Å². The zero-order valence-electron chi connectivity index (χ0n) is 22.9. The first-order chi connectivity index (χ1) is 18.6. The molecular formula is C26H33N7O6. The highest BCUT2D eigenvalue weighted by atomic mass is 16.5. The van der Waals surface area contributed by atoms with Crippen molar-refractivity contribution in [2.75, 3.05) is 39.2 Å². The predicted octanol–water partition coefficient (Wildman–Crippen LogP) is 1.01. The fourth-order valence-corrected chi connectivity index (χ4v) is 4.56. The number of hydrogen-bond acceptors (Lipinski definition) is 8. The Morgan fingerprint density at radius 2 is 1.79 bits per heavy atom. The second kappa shape index (κ2) is 11.2. The first-order valence-corrected chi connectivity index (χ1v) is 12.5. The Morgan fingerprint density at radius 3 is 2.44 bits per heavy atom. The van der Waals surface area contributed by atoms with Gasteiger partial charge in [-0.25, -0.2) is 14.4 Å². The number of nitrogens with one attached hydrogen (secondary N) is 2. The van der Waals surface area contributed by atoms with Crippen LogP contribution in [0.15, 0.2) is 45.1 Å². The number of imidazole rings is 1. The van der Waals surface area contributed by atoms with Crippen molar-refractivity contribution in [2.45, 2.75) is 26.4 Å². The van der Waals surface area contributed by atoms with Crippen molar-refractivity contribution in [2.24, 2.45) is 14.1 Å². The molecule has 1 aliphatic heterocycles. The van der Waals surface area contributed by atoms with Crippen LogP contribution in [-0.2, 0) is 34.9 Å². The van der Waals surface area contributed by atoms with Gasteiger partial charge < -0.3 is 20.1 Å². The molecule has 4 rings (SSSR count). The molecule has 3 heterocycles. The first kappa shape index (κ1) is 27.6. The molecule has 1 atom stereocenters. The molecule has 3 aromatic rings. The van der Waals surface area contributed by atoms with Gasteiger partial charge in [-0.1, -0.05) is 29.8 Å². The van der Waals surface area contributed by atoms with Crippen LogP contribution >= 0.6 is 0 Å². The molecule has 0 bridgehead atoms. The van der Waals surface area contributed by atoms with Gasteiger partial charge in [0.15, 0.2) is 11.2 Å². The van der Waals surface area contributed by atoms with Crippen LogP contribution < -0.4 is 21.9 Å². The number of ether oxygens (including phenoxy) is 2. The fraction of sp³-hybridized carbons (Fsp3) is 0.423. The maximum Gasteiger partial charge on any atom is 0.338 e. The van der Waals surface area contributed by atoms with Gasteiger partial charge >= 0.3 is 17.7 Å². The van der Waals surface area contributed by atoms with E-state index in [1.807, 2.05) is 31.2 Å². The minimum atomic E-state index is -0.782. The Balaban J connectivity index is 1.98. The lowest BCUT2D eigenvalue weighted by atomic mass is 9.94. The highest BCUT2D eigenvalue weighted by Gasteiger charge is 2.37. The summed E-state index contributed by atoms with van der Waals surface area (Å²) in [6.07, 6.45) is 0. The van der Waals surface area contributed by atoms with Crippen LogP contribution in [0, 0.1) is 6.92 Å². The Morgan fingerprint density at radius 1 is 1.10 bits per heavy atom. The number of hydrogen-bond donors (Lipinski definition) is 2. The molecule has 1 aliphatic rings. The highest BCUT2D eigenvalue weighted by Crippen LogP contribution is 2.33. The Labute approximate surface area is 224 Å². The molecule has 0 radical (unpaired) electrons. The van der Waals surface area contributed by atoms with Gasteiger partial charge in [0, 0.05) is 34.8 Å². The summed E-state index contributed by atoms with van der Waals surface area (Å²) < 4.78 is 14.4. The summed E-state index contributed by atoms with van der Waals surface area (Å²) in [6.45, 7) is 4.42. The van der Waals surface area contributed by atoms with Crippen molar-refractivity contribution in [1.82, 2.24) is 28.9 Å². The summed E-state index contributed by atoms with van der Waals surface area (Å²) in [6, 6.07) is 6.27. The number of methoxy groups -OCH3 is 1. The average Bonchev–Trinajstić information content (AvgIpc) is 3.27. The zero-order chi connectivity index (χ0) is 28.4. The van der Waals surface area contributed by atoms with E-state index in [1.54, 1.807) is 25.6 Å². The number of carbonyl (C=O) groups is 2. The third kappa shape index (κ3) is 5.04. The van der Waals surface area contributed by atoms with Gasteiger partial charge in [0.1, 0.15) is 0 Å². The van der Waals surface area contributed by atoms with Crippen molar-refractivity contribution < 1.29 is 19.1 Å². The van der Waals surface area contributed by atoms with Gasteiger partial charge in [-0.3, -0.25) is 23.4 Å². The summed E-state index contributed by atoms with van der Waals surface area (Å²) in [4.78, 5) is 58.3. The summed E-state index contributed by atoms with van der Waals surface area (Å²) in [5.41, 5.74) is 1.51. The smallest absolute Gasteiger partial charge is 0.338 e. The van der Waals surface area contributed by atoms with E-state index < -0.39 is 29.3 Å². The number of allylic oxidation sites excluding steroid dienone is 1. The predicted molar refractivity (Wildman–Crippen MR) is 144 cm³/mol. The molecule has 0 unspecified atom stereocenters. The van der Waals surface area contributed by atoms with E-state index in [2.05, 4.69) is 15.6 Å². The number of amides is 2. The Kier molecular flexibility index (Phi) is 7.90. The largest absolute Gasteiger partial charge is 0.463 e. The number of anilines is 1. The number of benzene rings is 1. The number of fused-ring (bicyclic) bond motifs is 1. The van der Waals surface area contributed by atoms with Crippen LogP contribution in [0.4, 0.5) is 10.7 Å². The van der Waals surface area contributed by atoms with Crippen LogP contribution in [-0.4, -0.2) is 69.5 Å². The normalized spacial score (nSPS) is 15.6. The van der Waals surface area contributed by atoms with Crippen molar-refractivity contribution in [3.8, 4) is 0 Å². The van der Waals surface area contributed by atoms with Crippen LogP contribution in [0.2, 0.25) is 0 Å². The number of urea groups is 1. The van der Waals surface area contributed by atoms with Crippen LogP contribution in [0.5, 0.6) is 0 Å². The van der Waals surface area contributed by atoms with Gasteiger partial charge in [-0.05, 0) is 19.4 Å². The van der Waals surface area contributed by atoms with E-state index >= 15 is 0 Å². The third-order valence-electron chi connectivity index (χ3n) is 6.73. The lowest BCUT2D eigenvalue weighted by Crippen LogP contribution is -2.48. The van der Waals surface area contributed by atoms with Crippen molar-refractivity contribution in [3.63, 3.8) is 0 Å². The maximum absolute atomic E-state index is 13.4. The minimum Gasteiger partial charge on any atom is -0.463 e. The molecule has 13 heteroatoms. The van der Waals surface area contributed by atoms with E-state index in [0.717, 1.165) is 10.1 Å². The molecule has 0 saturated heterocycles. The fourth-order valence-electron chi connectivity index (χ4n) is 4.56. The maximum atomic E-state index is 13.4. The molecule has 0 aliphatic carbocycles. The number of aromatic nitrogens is 4. The second-order valence-electron chi connectivity index (χ2n) is 9.25. The number of nitrogens with zero attached hydrogens (tertiary/aromatic N) is 5. The minimum absolute atomic E-state index is 0.0836. The Bertz CT molecular complexity index is 1560. The number of likely N-dealkylation sites (N-methyl/N-ethyl adjacent to an activating group) is 1.